The fourth-order valence-corrected chi connectivity index (χ4v) is 10.6. The second kappa shape index (κ2) is 15.1. The molecule has 1 heteroatoms. The first-order valence-corrected chi connectivity index (χ1v) is 22.5. The van der Waals surface area contributed by atoms with Crippen molar-refractivity contribution < 1.29 is 0 Å². The standard InChI is InChI=1S/C64H41N/c1-5-16-42(17-6-1)43-32-34-51(35-33-43)65(53-38-49-30-28-47-24-15-25-48-29-31-50(39-53)61(49)60(47)48)52-36-37-56-59(40-52)54-26-13-14-27-55(54)63-58(45-20-9-3-10-21-45)41-57(44-18-7-2-8-19-44)62(64(56)63)46-22-11-4-12-23-46/h1-41H. The predicted molar refractivity (Wildman–Crippen MR) is 279 cm³/mol. The van der Waals surface area contributed by atoms with Crippen LogP contribution in [-0.4, -0.2) is 0 Å². The monoisotopic (exact) mass is 823 g/mol. The Hall–Kier alpha value is -8.52. The van der Waals surface area contributed by atoms with Gasteiger partial charge < -0.3 is 4.90 Å². The molecule has 0 aliphatic carbocycles. The van der Waals surface area contributed by atoms with E-state index in [-0.39, 0.29) is 0 Å². The van der Waals surface area contributed by atoms with E-state index < -0.39 is 0 Å². The summed E-state index contributed by atoms with van der Waals surface area (Å²) in [5.74, 6) is 0. The van der Waals surface area contributed by atoms with Crippen molar-refractivity contribution in [3.63, 3.8) is 0 Å². The van der Waals surface area contributed by atoms with Gasteiger partial charge in [-0.1, -0.05) is 206 Å². The fourth-order valence-electron chi connectivity index (χ4n) is 10.6. The van der Waals surface area contributed by atoms with Crippen molar-refractivity contribution in [3.05, 3.63) is 249 Å². The first kappa shape index (κ1) is 37.1. The lowest BCUT2D eigenvalue weighted by molar-refractivity contribution is 1.30. The van der Waals surface area contributed by atoms with Crippen molar-refractivity contribution in [1.29, 1.82) is 0 Å². The molecule has 1 nitrogen and oxygen atoms in total. The van der Waals surface area contributed by atoms with Crippen LogP contribution in [0.15, 0.2) is 249 Å². The number of hydrogen-bond donors (Lipinski definition) is 0. The molecule has 0 bridgehead atoms. The Morgan fingerprint density at radius 2 is 0.692 bits per heavy atom. The molecule has 302 valence electrons. The maximum absolute atomic E-state index is 2.45. The van der Waals surface area contributed by atoms with Crippen LogP contribution in [0.1, 0.15) is 0 Å². The fraction of sp³-hybridized carbons (Fsp3) is 0. The maximum atomic E-state index is 2.45. The van der Waals surface area contributed by atoms with Crippen LogP contribution in [-0.2, 0) is 0 Å². The Bertz CT molecular complexity index is 3830. The summed E-state index contributed by atoms with van der Waals surface area (Å²) in [5, 5.41) is 15.1. The molecule has 0 amide bonds. The summed E-state index contributed by atoms with van der Waals surface area (Å²) in [7, 11) is 0. The van der Waals surface area contributed by atoms with E-state index in [1.54, 1.807) is 0 Å². The van der Waals surface area contributed by atoms with Gasteiger partial charge in [0.2, 0.25) is 0 Å². The normalized spacial score (nSPS) is 11.7. The van der Waals surface area contributed by atoms with Crippen molar-refractivity contribution in [2.75, 3.05) is 4.90 Å². The molecular formula is C64H41N. The van der Waals surface area contributed by atoms with Crippen LogP contribution in [0.25, 0.3) is 109 Å². The molecule has 65 heavy (non-hydrogen) atoms. The van der Waals surface area contributed by atoms with Gasteiger partial charge in [0, 0.05) is 17.1 Å². The first-order chi connectivity index (χ1) is 32.2. The van der Waals surface area contributed by atoms with Gasteiger partial charge in [-0.2, -0.15) is 0 Å². The highest BCUT2D eigenvalue weighted by Gasteiger charge is 2.23. The Labute approximate surface area is 378 Å². The summed E-state index contributed by atoms with van der Waals surface area (Å²) >= 11 is 0. The Kier molecular flexibility index (Phi) is 8.60. The van der Waals surface area contributed by atoms with Gasteiger partial charge in [-0.25, -0.2) is 0 Å². The minimum Gasteiger partial charge on any atom is -0.310 e. The van der Waals surface area contributed by atoms with Gasteiger partial charge in [-0.3, -0.25) is 0 Å². The van der Waals surface area contributed by atoms with E-state index >= 15 is 0 Å². The predicted octanol–water partition coefficient (Wildman–Crippen LogP) is 18.2. The number of rotatable bonds is 7. The zero-order valence-corrected chi connectivity index (χ0v) is 35.6. The summed E-state index contributed by atoms with van der Waals surface area (Å²) in [5.41, 5.74) is 13.0. The van der Waals surface area contributed by atoms with Crippen LogP contribution >= 0.6 is 0 Å². The maximum Gasteiger partial charge on any atom is 0.0473 e. The van der Waals surface area contributed by atoms with E-state index in [2.05, 4.69) is 254 Å². The molecule has 0 aliphatic heterocycles. The minimum absolute atomic E-state index is 1.10. The van der Waals surface area contributed by atoms with Crippen LogP contribution in [0.2, 0.25) is 0 Å². The van der Waals surface area contributed by atoms with Gasteiger partial charge >= 0.3 is 0 Å². The van der Waals surface area contributed by atoms with Crippen molar-refractivity contribution in [2.45, 2.75) is 0 Å². The summed E-state index contributed by atoms with van der Waals surface area (Å²) in [6.07, 6.45) is 0. The van der Waals surface area contributed by atoms with Crippen molar-refractivity contribution in [3.8, 4) is 44.5 Å². The van der Waals surface area contributed by atoms with E-state index in [4.69, 9.17) is 0 Å². The zero-order chi connectivity index (χ0) is 42.8. The molecule has 0 atom stereocenters. The van der Waals surface area contributed by atoms with Crippen molar-refractivity contribution in [1.82, 2.24) is 0 Å². The average Bonchev–Trinajstić information content (AvgIpc) is 3.38. The summed E-state index contributed by atoms with van der Waals surface area (Å²) in [6, 6.07) is 91.7. The van der Waals surface area contributed by atoms with Crippen molar-refractivity contribution >= 4 is 81.7 Å². The average molecular weight is 824 g/mol. The molecule has 13 rings (SSSR count). The van der Waals surface area contributed by atoms with Crippen LogP contribution in [0, 0.1) is 0 Å². The molecule has 0 aromatic heterocycles. The molecule has 0 unspecified atom stereocenters. The molecule has 0 heterocycles. The van der Waals surface area contributed by atoms with E-state index in [1.165, 1.54) is 109 Å². The molecule has 0 radical (unpaired) electrons. The van der Waals surface area contributed by atoms with Crippen LogP contribution in [0.5, 0.6) is 0 Å². The third-order valence-electron chi connectivity index (χ3n) is 13.5. The largest absolute Gasteiger partial charge is 0.310 e. The molecule has 13 aromatic carbocycles. The van der Waals surface area contributed by atoms with Gasteiger partial charge in [-0.05, 0) is 152 Å². The molecule has 13 aromatic rings. The number of fused-ring (bicyclic) bond motifs is 6. The van der Waals surface area contributed by atoms with Crippen molar-refractivity contribution in [2.24, 2.45) is 0 Å². The van der Waals surface area contributed by atoms with Gasteiger partial charge in [0.25, 0.3) is 0 Å². The van der Waals surface area contributed by atoms with E-state index in [0.717, 1.165) is 17.1 Å². The SMILES string of the molecule is c1ccc(-c2ccc(N(c3cc4ccc5cccc6ccc(c3)c4c56)c3ccc4c(c3)c3ccccc3c3c(-c5ccccc5)cc(-c5ccccc5)c(-c5ccccc5)c43)cc2)cc1. The van der Waals surface area contributed by atoms with Gasteiger partial charge in [-0.15, -0.1) is 0 Å². The van der Waals surface area contributed by atoms with E-state index in [0.29, 0.717) is 0 Å². The second-order valence-corrected chi connectivity index (χ2v) is 17.2. The summed E-state index contributed by atoms with van der Waals surface area (Å²) in [6.45, 7) is 0. The quantitative estimate of drug-likeness (QED) is 0.145. The van der Waals surface area contributed by atoms with E-state index in [9.17, 15) is 0 Å². The number of anilines is 3. The highest BCUT2D eigenvalue weighted by molar-refractivity contribution is 6.33. The molecule has 0 fully saturated rings. The Morgan fingerprint density at radius 1 is 0.215 bits per heavy atom. The first-order valence-electron chi connectivity index (χ1n) is 22.5. The highest BCUT2D eigenvalue weighted by Crippen LogP contribution is 2.50. The Balaban J connectivity index is 1.13. The smallest absolute Gasteiger partial charge is 0.0473 e. The van der Waals surface area contributed by atoms with Gasteiger partial charge in [0.05, 0.1) is 0 Å². The third kappa shape index (κ3) is 6.09. The zero-order valence-electron chi connectivity index (χ0n) is 35.6. The molecule has 0 aliphatic rings. The molecule has 0 spiro atoms. The Morgan fingerprint density at radius 3 is 1.32 bits per heavy atom. The van der Waals surface area contributed by atoms with Gasteiger partial charge in [0.1, 0.15) is 0 Å². The summed E-state index contributed by atoms with van der Waals surface area (Å²) < 4.78 is 0. The lowest BCUT2D eigenvalue weighted by Crippen LogP contribution is -2.10. The minimum atomic E-state index is 1.10. The summed E-state index contributed by atoms with van der Waals surface area (Å²) in [4.78, 5) is 2.45. The lowest BCUT2D eigenvalue weighted by atomic mass is 9.81. The van der Waals surface area contributed by atoms with Crippen LogP contribution < -0.4 is 4.90 Å². The molecule has 0 saturated heterocycles. The third-order valence-corrected chi connectivity index (χ3v) is 13.5. The van der Waals surface area contributed by atoms with E-state index in [1.807, 2.05) is 0 Å². The van der Waals surface area contributed by atoms with Gasteiger partial charge in [0.15, 0.2) is 0 Å². The lowest BCUT2D eigenvalue weighted by Gasteiger charge is -2.28. The topological polar surface area (TPSA) is 3.24 Å². The number of hydrogen-bond acceptors (Lipinski definition) is 1. The second-order valence-electron chi connectivity index (χ2n) is 17.2. The number of nitrogens with zero attached hydrogens (tertiary/aromatic N) is 1. The molecular weight excluding hydrogens is 783 g/mol. The molecule has 0 saturated carbocycles. The highest BCUT2D eigenvalue weighted by atomic mass is 15.1. The van der Waals surface area contributed by atoms with Crippen LogP contribution in [0.4, 0.5) is 17.1 Å². The van der Waals surface area contributed by atoms with Crippen LogP contribution in [0.3, 0.4) is 0 Å². The molecule has 0 N–H and O–H groups in total. The number of benzene rings is 13.